The molecule has 1 amide bonds. The van der Waals surface area contributed by atoms with Gasteiger partial charge in [0.1, 0.15) is 6.61 Å². The Balaban J connectivity index is 2.01. The maximum atomic E-state index is 10.9. The minimum Gasteiger partial charge on any atom is -0.387 e. The third kappa shape index (κ3) is 2.92. The highest BCUT2D eigenvalue weighted by molar-refractivity contribution is 5.76. The van der Waals surface area contributed by atoms with E-state index in [9.17, 15) is 4.79 Å². The van der Waals surface area contributed by atoms with Crippen molar-refractivity contribution in [1.29, 1.82) is 0 Å². The summed E-state index contributed by atoms with van der Waals surface area (Å²) in [6.45, 7) is -0.0588. The quantitative estimate of drug-likeness (QED) is 0.804. The molecule has 0 saturated heterocycles. The molecular weight excluding hydrogens is 218 g/mol. The van der Waals surface area contributed by atoms with Crippen LogP contribution in [0.5, 0.6) is 0 Å². The molecule has 5 heteroatoms. The molecule has 88 valence electrons. The van der Waals surface area contributed by atoms with E-state index >= 15 is 0 Å². The summed E-state index contributed by atoms with van der Waals surface area (Å²) in [5.74, 6) is -0.372. The number of amides is 1. The SMILES string of the molecule is O=C(CO)NCc1ccc(-n2ccnc2)cc1. The Hall–Kier alpha value is -2.14. The molecule has 2 rings (SSSR count). The number of carbonyl (C=O) groups excluding carboxylic acids is 1. The van der Waals surface area contributed by atoms with Crippen LogP contribution >= 0.6 is 0 Å². The van der Waals surface area contributed by atoms with Crippen LogP contribution in [-0.2, 0) is 11.3 Å². The van der Waals surface area contributed by atoms with Crippen LogP contribution in [0.4, 0.5) is 0 Å². The van der Waals surface area contributed by atoms with Gasteiger partial charge in [-0.25, -0.2) is 4.98 Å². The Morgan fingerprint density at radius 1 is 1.35 bits per heavy atom. The van der Waals surface area contributed by atoms with E-state index in [2.05, 4.69) is 10.3 Å². The monoisotopic (exact) mass is 231 g/mol. The number of nitrogens with zero attached hydrogens (tertiary/aromatic N) is 2. The molecule has 0 aliphatic heterocycles. The molecule has 5 nitrogen and oxygen atoms in total. The van der Waals surface area contributed by atoms with E-state index in [0.29, 0.717) is 6.54 Å². The summed E-state index contributed by atoms with van der Waals surface area (Å²) in [6, 6.07) is 7.74. The average molecular weight is 231 g/mol. The number of hydrogen-bond donors (Lipinski definition) is 2. The number of aromatic nitrogens is 2. The summed E-state index contributed by atoms with van der Waals surface area (Å²) in [5, 5.41) is 11.2. The topological polar surface area (TPSA) is 67.2 Å². The molecule has 0 radical (unpaired) electrons. The van der Waals surface area contributed by atoms with Gasteiger partial charge in [-0.3, -0.25) is 4.79 Å². The lowest BCUT2D eigenvalue weighted by molar-refractivity contribution is -0.123. The fourth-order valence-electron chi connectivity index (χ4n) is 1.45. The van der Waals surface area contributed by atoms with Gasteiger partial charge in [-0.15, -0.1) is 0 Å². The number of aliphatic hydroxyl groups excluding tert-OH is 1. The van der Waals surface area contributed by atoms with Gasteiger partial charge in [-0.1, -0.05) is 12.1 Å². The molecular formula is C12H13N3O2. The second kappa shape index (κ2) is 5.27. The van der Waals surface area contributed by atoms with Gasteiger partial charge in [0.25, 0.3) is 0 Å². The van der Waals surface area contributed by atoms with E-state index in [1.807, 2.05) is 35.0 Å². The van der Waals surface area contributed by atoms with Gasteiger partial charge in [0.15, 0.2) is 0 Å². The van der Waals surface area contributed by atoms with Crippen molar-refractivity contribution in [3.8, 4) is 5.69 Å². The Kier molecular flexibility index (Phi) is 3.52. The van der Waals surface area contributed by atoms with Crippen molar-refractivity contribution >= 4 is 5.91 Å². The van der Waals surface area contributed by atoms with Gasteiger partial charge in [0.2, 0.25) is 5.91 Å². The van der Waals surface area contributed by atoms with E-state index in [1.165, 1.54) is 0 Å². The van der Waals surface area contributed by atoms with Gasteiger partial charge in [0.05, 0.1) is 6.33 Å². The van der Waals surface area contributed by atoms with Crippen molar-refractivity contribution in [2.45, 2.75) is 6.54 Å². The number of rotatable bonds is 4. The van der Waals surface area contributed by atoms with Gasteiger partial charge < -0.3 is 15.0 Å². The number of aliphatic hydroxyl groups is 1. The predicted molar refractivity (Wildman–Crippen MR) is 62.5 cm³/mol. The van der Waals surface area contributed by atoms with Crippen LogP contribution in [0.3, 0.4) is 0 Å². The summed E-state index contributed by atoms with van der Waals surface area (Å²) in [5.41, 5.74) is 2.00. The minimum atomic E-state index is -0.479. The van der Waals surface area contributed by atoms with Crippen LogP contribution in [0.15, 0.2) is 43.0 Å². The predicted octanol–water partition coefficient (Wildman–Crippen LogP) is 0.481. The molecule has 17 heavy (non-hydrogen) atoms. The first kappa shape index (κ1) is 11.3. The van der Waals surface area contributed by atoms with Crippen LogP contribution in [0.2, 0.25) is 0 Å². The van der Waals surface area contributed by atoms with Gasteiger partial charge in [0, 0.05) is 24.6 Å². The van der Waals surface area contributed by atoms with Gasteiger partial charge in [-0.05, 0) is 17.7 Å². The van der Waals surface area contributed by atoms with Crippen molar-refractivity contribution in [1.82, 2.24) is 14.9 Å². The molecule has 0 spiro atoms. The molecule has 0 aliphatic carbocycles. The fraction of sp³-hybridized carbons (Fsp3) is 0.167. The second-order valence-electron chi connectivity index (χ2n) is 3.57. The number of hydrogen-bond acceptors (Lipinski definition) is 3. The Morgan fingerprint density at radius 2 is 2.12 bits per heavy atom. The van der Waals surface area contributed by atoms with Crippen molar-refractivity contribution in [3.05, 3.63) is 48.5 Å². The van der Waals surface area contributed by atoms with Crippen molar-refractivity contribution in [3.63, 3.8) is 0 Å². The lowest BCUT2D eigenvalue weighted by Crippen LogP contribution is -2.25. The first-order valence-electron chi connectivity index (χ1n) is 5.24. The first-order valence-corrected chi connectivity index (χ1v) is 5.24. The van der Waals surface area contributed by atoms with Gasteiger partial charge >= 0.3 is 0 Å². The minimum absolute atomic E-state index is 0.372. The highest BCUT2D eigenvalue weighted by atomic mass is 16.3. The lowest BCUT2D eigenvalue weighted by atomic mass is 10.2. The largest absolute Gasteiger partial charge is 0.387 e. The fourth-order valence-corrected chi connectivity index (χ4v) is 1.45. The standard InChI is InChI=1S/C12H13N3O2/c16-8-12(17)14-7-10-1-3-11(4-2-10)15-6-5-13-9-15/h1-6,9,16H,7-8H2,(H,14,17). The first-order chi connectivity index (χ1) is 8.29. The molecule has 1 heterocycles. The Morgan fingerprint density at radius 3 is 2.71 bits per heavy atom. The third-order valence-electron chi connectivity index (χ3n) is 2.37. The third-order valence-corrected chi connectivity index (χ3v) is 2.37. The molecule has 0 atom stereocenters. The smallest absolute Gasteiger partial charge is 0.245 e. The van der Waals surface area contributed by atoms with Gasteiger partial charge in [-0.2, -0.15) is 0 Å². The summed E-state index contributed by atoms with van der Waals surface area (Å²) in [4.78, 5) is 14.8. The van der Waals surface area contributed by atoms with Crippen LogP contribution < -0.4 is 5.32 Å². The zero-order chi connectivity index (χ0) is 12.1. The number of nitrogens with one attached hydrogen (secondary N) is 1. The maximum absolute atomic E-state index is 10.9. The summed E-state index contributed by atoms with van der Waals surface area (Å²) < 4.78 is 1.90. The van der Waals surface area contributed by atoms with E-state index in [0.717, 1.165) is 11.3 Å². The molecule has 0 aliphatic rings. The number of carbonyl (C=O) groups is 1. The molecule has 0 unspecified atom stereocenters. The van der Waals surface area contributed by atoms with Crippen LogP contribution in [0, 0.1) is 0 Å². The average Bonchev–Trinajstić information content (AvgIpc) is 2.90. The molecule has 2 aromatic rings. The molecule has 2 N–H and O–H groups in total. The van der Waals surface area contributed by atoms with E-state index in [4.69, 9.17) is 5.11 Å². The summed E-state index contributed by atoms with van der Waals surface area (Å²) >= 11 is 0. The van der Waals surface area contributed by atoms with Crippen LogP contribution in [0.1, 0.15) is 5.56 Å². The van der Waals surface area contributed by atoms with E-state index < -0.39 is 6.61 Å². The summed E-state index contributed by atoms with van der Waals surface area (Å²) in [7, 11) is 0. The number of benzene rings is 1. The van der Waals surface area contributed by atoms with E-state index in [-0.39, 0.29) is 5.91 Å². The number of imidazole rings is 1. The summed E-state index contributed by atoms with van der Waals surface area (Å²) in [6.07, 6.45) is 5.31. The van der Waals surface area contributed by atoms with E-state index in [1.54, 1.807) is 12.5 Å². The highest BCUT2D eigenvalue weighted by Crippen LogP contribution is 2.08. The normalized spacial score (nSPS) is 10.2. The Labute approximate surface area is 98.7 Å². The second-order valence-corrected chi connectivity index (χ2v) is 3.57. The molecule has 1 aromatic carbocycles. The van der Waals surface area contributed by atoms with Crippen LogP contribution in [-0.4, -0.2) is 27.2 Å². The maximum Gasteiger partial charge on any atom is 0.245 e. The van der Waals surface area contributed by atoms with Crippen molar-refractivity contribution in [2.24, 2.45) is 0 Å². The lowest BCUT2D eigenvalue weighted by Gasteiger charge is -2.05. The molecule has 1 aromatic heterocycles. The highest BCUT2D eigenvalue weighted by Gasteiger charge is 1.99. The zero-order valence-electron chi connectivity index (χ0n) is 9.21. The van der Waals surface area contributed by atoms with Crippen molar-refractivity contribution < 1.29 is 9.90 Å². The van der Waals surface area contributed by atoms with Crippen LogP contribution in [0.25, 0.3) is 5.69 Å². The molecule has 0 fully saturated rings. The Bertz CT molecular complexity index is 477. The zero-order valence-corrected chi connectivity index (χ0v) is 9.21. The van der Waals surface area contributed by atoms with Crippen molar-refractivity contribution in [2.75, 3.05) is 6.61 Å². The molecule has 0 bridgehead atoms. The molecule has 0 saturated carbocycles.